The second kappa shape index (κ2) is 27.1. The van der Waals surface area contributed by atoms with Gasteiger partial charge in [-0.15, -0.1) is 0 Å². The van der Waals surface area contributed by atoms with Crippen molar-refractivity contribution in [1.82, 2.24) is 0 Å². The third-order valence-corrected chi connectivity index (χ3v) is 7.72. The molecule has 1 aromatic carbocycles. The van der Waals surface area contributed by atoms with Crippen LogP contribution in [0.4, 0.5) is 0 Å². The second-order valence-electron chi connectivity index (χ2n) is 11.4. The van der Waals surface area contributed by atoms with Crippen molar-refractivity contribution in [3.05, 3.63) is 30.3 Å². The van der Waals surface area contributed by atoms with Gasteiger partial charge in [0.1, 0.15) is 11.5 Å². The maximum atomic E-state index is 6.07. The van der Waals surface area contributed by atoms with Crippen LogP contribution in [0.1, 0.15) is 174 Å². The smallest absolute Gasteiger partial charge is 0.126 e. The summed E-state index contributed by atoms with van der Waals surface area (Å²) in [6, 6.07) is 6.17. The molecule has 0 fully saturated rings. The normalized spacial score (nSPS) is 11.1. The lowest BCUT2D eigenvalue weighted by atomic mass is 10.1. The molecule has 0 radical (unpaired) electrons. The van der Waals surface area contributed by atoms with Gasteiger partial charge >= 0.3 is 0 Å². The summed E-state index contributed by atoms with van der Waals surface area (Å²) in [5.41, 5.74) is 1.04. The van der Waals surface area contributed by atoms with Crippen molar-refractivity contribution in [3.8, 4) is 11.5 Å². The van der Waals surface area contributed by atoms with Crippen LogP contribution in [0, 0.1) is 0 Å². The summed E-state index contributed by atoms with van der Waals surface area (Å²) in [6.45, 7) is 10.1. The van der Waals surface area contributed by atoms with Crippen LogP contribution in [0.2, 0.25) is 0 Å². The first-order chi connectivity index (χ1) is 18.8. The highest BCUT2D eigenvalue weighted by Crippen LogP contribution is 2.26. The summed E-state index contributed by atoms with van der Waals surface area (Å²) < 4.78 is 12.1. The first-order valence-corrected chi connectivity index (χ1v) is 16.8. The molecule has 0 aliphatic rings. The van der Waals surface area contributed by atoms with Gasteiger partial charge in [-0.2, -0.15) is 0 Å². The molecule has 0 saturated heterocycles. The lowest BCUT2D eigenvalue weighted by Gasteiger charge is -2.12. The van der Waals surface area contributed by atoms with Crippen molar-refractivity contribution in [2.24, 2.45) is 0 Å². The summed E-state index contributed by atoms with van der Waals surface area (Å²) in [5.74, 6) is 1.86. The quantitative estimate of drug-likeness (QED) is 0.0962. The molecule has 0 heterocycles. The van der Waals surface area contributed by atoms with Gasteiger partial charge in [0, 0.05) is 5.56 Å². The van der Waals surface area contributed by atoms with Crippen molar-refractivity contribution in [2.45, 2.75) is 168 Å². The van der Waals surface area contributed by atoms with Gasteiger partial charge in [0.15, 0.2) is 0 Å². The highest BCUT2D eigenvalue weighted by atomic mass is 16.5. The largest absolute Gasteiger partial charge is 0.494 e. The average molecular weight is 529 g/mol. The van der Waals surface area contributed by atoms with Crippen LogP contribution in [0.25, 0.3) is 6.08 Å². The van der Waals surface area contributed by atoms with Crippen molar-refractivity contribution < 1.29 is 9.47 Å². The van der Waals surface area contributed by atoms with Crippen LogP contribution in [-0.4, -0.2) is 13.2 Å². The molecule has 0 aliphatic heterocycles. The van der Waals surface area contributed by atoms with Gasteiger partial charge in [-0.25, -0.2) is 0 Å². The molecule has 0 bridgehead atoms. The monoisotopic (exact) mass is 528 g/mol. The first kappa shape index (κ1) is 34.6. The molecule has 38 heavy (non-hydrogen) atoms. The Morgan fingerprint density at radius 2 is 0.868 bits per heavy atom. The molecule has 0 N–H and O–H groups in total. The number of ether oxygens (including phenoxy) is 2. The topological polar surface area (TPSA) is 18.5 Å². The summed E-state index contributed by atoms with van der Waals surface area (Å²) in [6.07, 6.45) is 34.7. The molecule has 0 amide bonds. The molecule has 0 unspecified atom stereocenters. The van der Waals surface area contributed by atoms with Crippen LogP contribution >= 0.6 is 0 Å². The molecule has 2 nitrogen and oxygen atoms in total. The van der Waals surface area contributed by atoms with E-state index in [9.17, 15) is 0 Å². The molecule has 2 heteroatoms. The lowest BCUT2D eigenvalue weighted by Crippen LogP contribution is -2.01. The van der Waals surface area contributed by atoms with Crippen LogP contribution in [0.5, 0.6) is 11.5 Å². The fourth-order valence-corrected chi connectivity index (χ4v) is 5.17. The van der Waals surface area contributed by atoms with Gasteiger partial charge in [0.2, 0.25) is 0 Å². The Bertz CT molecular complexity index is 638. The molecule has 220 valence electrons. The van der Waals surface area contributed by atoms with Crippen LogP contribution in [0.3, 0.4) is 0 Å². The maximum absolute atomic E-state index is 6.07. The van der Waals surface area contributed by atoms with Crippen molar-refractivity contribution in [3.63, 3.8) is 0 Å². The third-order valence-electron chi connectivity index (χ3n) is 7.72. The summed E-state index contributed by atoms with van der Waals surface area (Å²) >= 11 is 0. The summed E-state index contributed by atoms with van der Waals surface area (Å²) in [4.78, 5) is 0. The Hall–Kier alpha value is -1.44. The molecule has 0 aliphatic carbocycles. The fourth-order valence-electron chi connectivity index (χ4n) is 5.17. The predicted octanol–water partition coefficient (Wildman–Crippen LogP) is 12.5. The van der Waals surface area contributed by atoms with E-state index in [-0.39, 0.29) is 0 Å². The van der Waals surface area contributed by atoms with Crippen LogP contribution in [-0.2, 0) is 0 Å². The zero-order chi connectivity index (χ0) is 27.4. The predicted molar refractivity (Wildman–Crippen MR) is 170 cm³/mol. The lowest BCUT2D eigenvalue weighted by molar-refractivity contribution is 0.295. The number of benzene rings is 1. The molecule has 1 aromatic rings. The number of hydrogen-bond donors (Lipinski definition) is 0. The molecule has 0 atom stereocenters. The van der Waals surface area contributed by atoms with Crippen LogP contribution < -0.4 is 9.47 Å². The van der Waals surface area contributed by atoms with Gasteiger partial charge < -0.3 is 9.47 Å². The minimum Gasteiger partial charge on any atom is -0.494 e. The molecule has 0 saturated carbocycles. The van der Waals surface area contributed by atoms with Gasteiger partial charge in [-0.05, 0) is 31.0 Å². The highest BCUT2D eigenvalue weighted by molar-refractivity contribution is 5.58. The standard InChI is InChI=1S/C36H64O2/c1-4-7-9-11-13-15-17-19-21-23-25-27-31-37-35-29-30-36(34(6-3)33-35)38-32-28-26-24-22-20-18-16-14-12-10-8-5-2/h6,29-30,33H,3-5,7-28,31-32H2,1-2H3. The van der Waals surface area contributed by atoms with Gasteiger partial charge in [-0.3, -0.25) is 0 Å². The van der Waals surface area contributed by atoms with Gasteiger partial charge in [0.25, 0.3) is 0 Å². The van der Waals surface area contributed by atoms with Crippen molar-refractivity contribution in [1.29, 1.82) is 0 Å². The average Bonchev–Trinajstić information content (AvgIpc) is 2.94. The number of hydrogen-bond acceptors (Lipinski definition) is 2. The molecular formula is C36H64O2. The van der Waals surface area contributed by atoms with Crippen molar-refractivity contribution in [2.75, 3.05) is 13.2 Å². The molecule has 0 spiro atoms. The molecular weight excluding hydrogens is 464 g/mol. The Labute approximate surface area is 238 Å². The Morgan fingerprint density at radius 3 is 1.26 bits per heavy atom. The summed E-state index contributed by atoms with van der Waals surface area (Å²) in [7, 11) is 0. The van der Waals surface area contributed by atoms with E-state index in [1.807, 2.05) is 12.1 Å². The van der Waals surface area contributed by atoms with Crippen LogP contribution in [0.15, 0.2) is 24.8 Å². The zero-order valence-electron chi connectivity index (χ0n) is 25.7. The second-order valence-corrected chi connectivity index (χ2v) is 11.4. The minimum atomic E-state index is 0.789. The van der Waals surface area contributed by atoms with E-state index in [1.54, 1.807) is 0 Å². The van der Waals surface area contributed by atoms with E-state index < -0.39 is 0 Å². The highest BCUT2D eigenvalue weighted by Gasteiger charge is 2.04. The Balaban J connectivity index is 2.00. The third kappa shape index (κ3) is 20.5. The summed E-state index contributed by atoms with van der Waals surface area (Å²) in [5, 5.41) is 0. The van der Waals surface area contributed by atoms with Crippen molar-refractivity contribution >= 4 is 6.08 Å². The zero-order valence-corrected chi connectivity index (χ0v) is 25.7. The fraction of sp³-hybridized carbons (Fsp3) is 0.778. The minimum absolute atomic E-state index is 0.789. The SMILES string of the molecule is C=Cc1cc(OCCCCCCCCCCCCCC)ccc1OCCCCCCCCCCCCCC. The van der Waals surface area contributed by atoms with Gasteiger partial charge in [0.05, 0.1) is 13.2 Å². The van der Waals surface area contributed by atoms with E-state index in [1.165, 1.54) is 141 Å². The Morgan fingerprint density at radius 1 is 0.500 bits per heavy atom. The van der Waals surface area contributed by atoms with E-state index in [4.69, 9.17) is 9.47 Å². The first-order valence-electron chi connectivity index (χ1n) is 16.8. The Kier molecular flexibility index (Phi) is 24.7. The van der Waals surface area contributed by atoms with E-state index in [0.717, 1.165) is 43.1 Å². The number of unbranched alkanes of at least 4 members (excludes halogenated alkanes) is 22. The van der Waals surface area contributed by atoms with E-state index in [2.05, 4.69) is 32.6 Å². The van der Waals surface area contributed by atoms with Gasteiger partial charge in [-0.1, -0.05) is 168 Å². The number of rotatable bonds is 29. The van der Waals surface area contributed by atoms with E-state index in [0.29, 0.717) is 0 Å². The molecule has 0 aromatic heterocycles. The van der Waals surface area contributed by atoms with E-state index >= 15 is 0 Å². The molecule has 1 rings (SSSR count). The maximum Gasteiger partial charge on any atom is 0.126 e.